The molecule has 1 aliphatic rings. The number of aromatic nitrogens is 4. The van der Waals surface area contributed by atoms with Crippen LogP contribution in [0.25, 0.3) is 0 Å². The summed E-state index contributed by atoms with van der Waals surface area (Å²) in [4.78, 5) is 12.3. The van der Waals surface area contributed by atoms with Gasteiger partial charge in [-0.2, -0.15) is 23.4 Å². The van der Waals surface area contributed by atoms with Crippen molar-refractivity contribution >= 4 is 11.7 Å². The lowest BCUT2D eigenvalue weighted by Gasteiger charge is -2.09. The molecule has 2 aromatic rings. The molecule has 0 saturated heterocycles. The molecule has 0 aromatic carbocycles. The minimum absolute atomic E-state index is 0.229. The third-order valence-corrected chi connectivity index (χ3v) is 4.17. The molecule has 0 radical (unpaired) electrons. The summed E-state index contributed by atoms with van der Waals surface area (Å²) >= 11 is 0. The second kappa shape index (κ2) is 6.53. The normalized spacial score (nSPS) is 14.0. The van der Waals surface area contributed by atoms with E-state index in [1.807, 2.05) is 13.8 Å². The second-order valence-corrected chi connectivity index (χ2v) is 6.23. The van der Waals surface area contributed by atoms with Gasteiger partial charge in [0.15, 0.2) is 5.69 Å². The Bertz CT molecular complexity index is 791. The van der Waals surface area contributed by atoms with Crippen LogP contribution >= 0.6 is 0 Å². The summed E-state index contributed by atoms with van der Waals surface area (Å²) in [5.41, 5.74) is 0.649. The highest BCUT2D eigenvalue weighted by atomic mass is 19.4. The van der Waals surface area contributed by atoms with Crippen molar-refractivity contribution in [1.29, 1.82) is 0 Å². The Kier molecular flexibility index (Phi) is 4.57. The molecule has 2 heterocycles. The van der Waals surface area contributed by atoms with Gasteiger partial charge < -0.3 is 5.32 Å². The first-order chi connectivity index (χ1) is 11.8. The van der Waals surface area contributed by atoms with Crippen molar-refractivity contribution in [2.45, 2.75) is 58.8 Å². The zero-order valence-corrected chi connectivity index (χ0v) is 14.2. The van der Waals surface area contributed by atoms with Crippen LogP contribution in [0.4, 0.5) is 19.0 Å². The number of amides is 1. The zero-order valence-electron chi connectivity index (χ0n) is 14.2. The number of nitrogens with one attached hydrogen (secondary N) is 1. The number of carbonyl (C=O) groups is 1. The van der Waals surface area contributed by atoms with E-state index < -0.39 is 17.8 Å². The van der Waals surface area contributed by atoms with Gasteiger partial charge >= 0.3 is 6.18 Å². The minimum Gasteiger partial charge on any atom is -0.309 e. The molecule has 0 spiro atoms. The van der Waals surface area contributed by atoms with E-state index in [0.717, 1.165) is 12.1 Å². The number of carbonyl (C=O) groups excluding carboxylic acids is 1. The molecule has 1 aliphatic carbocycles. The lowest BCUT2D eigenvalue weighted by Crippen LogP contribution is -2.23. The number of fused-ring (bicyclic) bond motifs is 1. The van der Waals surface area contributed by atoms with Gasteiger partial charge in [0.1, 0.15) is 12.4 Å². The number of hydrogen-bond acceptors (Lipinski definition) is 3. The fourth-order valence-corrected chi connectivity index (χ4v) is 3.21. The quantitative estimate of drug-likeness (QED) is 0.897. The Morgan fingerprint density at radius 2 is 2.04 bits per heavy atom. The molecular formula is C16H20F3N5O. The molecule has 1 amide bonds. The van der Waals surface area contributed by atoms with E-state index >= 15 is 0 Å². The van der Waals surface area contributed by atoms with Crippen LogP contribution < -0.4 is 5.32 Å². The van der Waals surface area contributed by atoms with Crippen molar-refractivity contribution in [3.8, 4) is 0 Å². The molecule has 0 fully saturated rings. The van der Waals surface area contributed by atoms with E-state index in [9.17, 15) is 18.0 Å². The van der Waals surface area contributed by atoms with Gasteiger partial charge in [0.2, 0.25) is 5.91 Å². The lowest BCUT2D eigenvalue weighted by atomic mass is 10.2. The number of halogens is 3. The van der Waals surface area contributed by atoms with Crippen molar-refractivity contribution in [2.75, 3.05) is 5.32 Å². The van der Waals surface area contributed by atoms with Gasteiger partial charge in [-0.15, -0.1) is 0 Å². The van der Waals surface area contributed by atoms with Crippen molar-refractivity contribution in [3.05, 3.63) is 28.7 Å². The average Bonchev–Trinajstić information content (AvgIpc) is 3.16. The van der Waals surface area contributed by atoms with Gasteiger partial charge in [0.05, 0.1) is 5.69 Å². The van der Waals surface area contributed by atoms with Crippen molar-refractivity contribution in [1.82, 2.24) is 19.6 Å². The van der Waals surface area contributed by atoms with Crippen LogP contribution in [0.1, 0.15) is 42.4 Å². The van der Waals surface area contributed by atoms with E-state index in [2.05, 4.69) is 15.5 Å². The van der Waals surface area contributed by atoms with E-state index in [0.29, 0.717) is 37.3 Å². The summed E-state index contributed by atoms with van der Waals surface area (Å²) in [7, 11) is 0. The second-order valence-electron chi connectivity index (χ2n) is 6.23. The summed E-state index contributed by atoms with van der Waals surface area (Å²) in [6, 6.07) is 1.74. The first-order valence-electron chi connectivity index (χ1n) is 8.29. The summed E-state index contributed by atoms with van der Waals surface area (Å²) in [6.07, 6.45) is -2.12. The summed E-state index contributed by atoms with van der Waals surface area (Å²) in [5.74, 6) is 0.132. The molecule has 1 N–H and O–H groups in total. The molecule has 9 heteroatoms. The van der Waals surface area contributed by atoms with Crippen molar-refractivity contribution in [3.63, 3.8) is 0 Å². The Morgan fingerprint density at radius 1 is 1.28 bits per heavy atom. The summed E-state index contributed by atoms with van der Waals surface area (Å²) in [6.45, 7) is 4.22. The van der Waals surface area contributed by atoms with Crippen LogP contribution in [-0.4, -0.2) is 25.5 Å². The standard InChI is InChI=1S/C16H20F3N5O/c1-3-7-23-13(8-10(2)21-23)20-14(25)9-24-12-6-4-5-11(12)15(22-24)16(17,18)19/h8H,3-7,9H2,1-2H3,(H,20,25). The van der Waals surface area contributed by atoms with E-state index in [1.165, 1.54) is 4.68 Å². The maximum absolute atomic E-state index is 13.1. The van der Waals surface area contributed by atoms with Gasteiger partial charge in [-0.3, -0.25) is 9.48 Å². The Morgan fingerprint density at radius 3 is 2.72 bits per heavy atom. The largest absolute Gasteiger partial charge is 0.435 e. The maximum Gasteiger partial charge on any atom is 0.435 e. The Balaban J connectivity index is 1.78. The van der Waals surface area contributed by atoms with Crippen LogP contribution in [0, 0.1) is 6.92 Å². The fraction of sp³-hybridized carbons (Fsp3) is 0.562. The zero-order chi connectivity index (χ0) is 18.2. The number of aryl methyl sites for hydroxylation is 2. The number of anilines is 1. The average molecular weight is 355 g/mol. The monoisotopic (exact) mass is 355 g/mol. The molecule has 0 bridgehead atoms. The van der Waals surface area contributed by atoms with E-state index in [4.69, 9.17) is 0 Å². The molecule has 0 atom stereocenters. The fourth-order valence-electron chi connectivity index (χ4n) is 3.21. The number of alkyl halides is 3. The van der Waals surface area contributed by atoms with Gasteiger partial charge in [-0.25, -0.2) is 4.68 Å². The number of rotatable bonds is 5. The number of hydrogen-bond donors (Lipinski definition) is 1. The van der Waals surface area contributed by atoms with E-state index in [-0.39, 0.29) is 12.1 Å². The first kappa shape index (κ1) is 17.5. The molecule has 25 heavy (non-hydrogen) atoms. The molecule has 0 unspecified atom stereocenters. The summed E-state index contributed by atoms with van der Waals surface area (Å²) in [5, 5.41) is 10.7. The highest BCUT2D eigenvalue weighted by molar-refractivity contribution is 5.89. The van der Waals surface area contributed by atoms with Crippen LogP contribution in [-0.2, 0) is 36.9 Å². The predicted octanol–water partition coefficient (Wildman–Crippen LogP) is 2.94. The van der Waals surface area contributed by atoms with Crippen LogP contribution in [0.5, 0.6) is 0 Å². The minimum atomic E-state index is -4.49. The van der Waals surface area contributed by atoms with Crippen LogP contribution in [0.2, 0.25) is 0 Å². The molecule has 2 aromatic heterocycles. The summed E-state index contributed by atoms with van der Waals surface area (Å²) < 4.78 is 42.2. The first-order valence-corrected chi connectivity index (χ1v) is 8.29. The van der Waals surface area contributed by atoms with Crippen LogP contribution in [0.15, 0.2) is 6.07 Å². The van der Waals surface area contributed by atoms with Crippen molar-refractivity contribution < 1.29 is 18.0 Å². The lowest BCUT2D eigenvalue weighted by molar-refractivity contribution is -0.142. The molecule has 0 aliphatic heterocycles. The Labute approximate surface area is 143 Å². The van der Waals surface area contributed by atoms with Crippen molar-refractivity contribution in [2.24, 2.45) is 0 Å². The van der Waals surface area contributed by atoms with Gasteiger partial charge in [-0.1, -0.05) is 6.92 Å². The molecule has 0 saturated carbocycles. The highest BCUT2D eigenvalue weighted by Gasteiger charge is 2.40. The van der Waals surface area contributed by atoms with Gasteiger partial charge in [0.25, 0.3) is 0 Å². The van der Waals surface area contributed by atoms with Gasteiger partial charge in [-0.05, 0) is 32.6 Å². The molecular weight excluding hydrogens is 335 g/mol. The molecule has 3 rings (SSSR count). The smallest absolute Gasteiger partial charge is 0.309 e. The third-order valence-electron chi connectivity index (χ3n) is 4.17. The SMILES string of the molecule is CCCn1nc(C)cc1NC(=O)Cn1nc(C(F)(F)F)c2c1CCC2. The van der Waals surface area contributed by atoms with Crippen LogP contribution in [0.3, 0.4) is 0 Å². The van der Waals surface area contributed by atoms with E-state index in [1.54, 1.807) is 10.7 Å². The Hall–Kier alpha value is -2.32. The van der Waals surface area contributed by atoms with Gasteiger partial charge in [0, 0.05) is 23.9 Å². The molecule has 136 valence electrons. The molecule has 6 nitrogen and oxygen atoms in total. The number of nitrogens with zero attached hydrogens (tertiary/aromatic N) is 4. The predicted molar refractivity (Wildman–Crippen MR) is 85.1 cm³/mol. The highest BCUT2D eigenvalue weighted by Crippen LogP contribution is 2.36. The maximum atomic E-state index is 13.1. The third kappa shape index (κ3) is 3.54. The topological polar surface area (TPSA) is 64.7 Å².